The van der Waals surface area contributed by atoms with Gasteiger partial charge >= 0.3 is 6.09 Å². The lowest BCUT2D eigenvalue weighted by molar-refractivity contribution is 0.0152. The van der Waals surface area contributed by atoms with Gasteiger partial charge in [-0.05, 0) is 52.2 Å². The van der Waals surface area contributed by atoms with E-state index < -0.39 is 5.60 Å². The molecular weight excluding hydrogens is 280 g/mol. The van der Waals surface area contributed by atoms with Crippen molar-refractivity contribution in [2.45, 2.75) is 51.6 Å². The van der Waals surface area contributed by atoms with Gasteiger partial charge in [-0.15, -0.1) is 0 Å². The summed E-state index contributed by atoms with van der Waals surface area (Å²) in [5.41, 5.74) is 2.02. The molecule has 2 aliphatic rings. The Kier molecular flexibility index (Phi) is 3.54. The molecule has 1 spiro atoms. The van der Waals surface area contributed by atoms with Crippen LogP contribution in [0.15, 0.2) is 12.3 Å². The van der Waals surface area contributed by atoms with Crippen LogP contribution in [0.2, 0.25) is 0 Å². The number of piperidine rings is 1. The highest BCUT2D eigenvalue weighted by molar-refractivity contribution is 5.68. The van der Waals surface area contributed by atoms with Gasteiger partial charge in [-0.1, -0.05) is 0 Å². The largest absolute Gasteiger partial charge is 0.476 e. The number of pyridine rings is 1. The number of carbonyl (C=O) groups is 1. The van der Waals surface area contributed by atoms with Crippen LogP contribution in [0.1, 0.15) is 44.7 Å². The van der Waals surface area contributed by atoms with Crippen molar-refractivity contribution in [1.82, 2.24) is 9.88 Å². The van der Waals surface area contributed by atoms with Gasteiger partial charge < -0.3 is 14.4 Å². The Balaban J connectivity index is 1.72. The molecule has 3 heterocycles. The van der Waals surface area contributed by atoms with E-state index in [2.05, 4.69) is 11.9 Å². The van der Waals surface area contributed by atoms with Crippen molar-refractivity contribution < 1.29 is 14.3 Å². The number of ether oxygens (including phenoxy) is 2. The van der Waals surface area contributed by atoms with Gasteiger partial charge in [0, 0.05) is 30.3 Å². The highest BCUT2D eigenvalue weighted by Gasteiger charge is 2.45. The summed E-state index contributed by atoms with van der Waals surface area (Å²) in [4.78, 5) is 18.3. The fraction of sp³-hybridized carbons (Fsp3) is 0.647. The number of hydrogen-bond acceptors (Lipinski definition) is 4. The van der Waals surface area contributed by atoms with Gasteiger partial charge in [0.05, 0.1) is 6.61 Å². The number of amides is 1. The minimum Gasteiger partial charge on any atom is -0.476 e. The molecule has 120 valence electrons. The van der Waals surface area contributed by atoms with E-state index in [4.69, 9.17) is 9.47 Å². The van der Waals surface area contributed by atoms with Crippen LogP contribution < -0.4 is 4.74 Å². The lowest BCUT2D eigenvalue weighted by Crippen LogP contribution is -2.47. The summed E-state index contributed by atoms with van der Waals surface area (Å²) < 4.78 is 11.3. The molecule has 1 amide bonds. The molecule has 3 rings (SSSR count). The summed E-state index contributed by atoms with van der Waals surface area (Å²) in [6, 6.07) is 2.04. The number of rotatable bonds is 0. The molecule has 0 bridgehead atoms. The van der Waals surface area contributed by atoms with Crippen molar-refractivity contribution >= 4 is 6.09 Å². The third-order valence-corrected chi connectivity index (χ3v) is 4.51. The normalized spacial score (nSPS) is 19.7. The smallest absolute Gasteiger partial charge is 0.410 e. The van der Waals surface area contributed by atoms with Gasteiger partial charge in [0.2, 0.25) is 5.88 Å². The average Bonchev–Trinajstić information content (AvgIpc) is 2.78. The standard InChI is InChI=1S/C17H24N2O3/c1-12-5-8-18-14-13(12)17(11-21-14)6-9-19(10-7-17)15(20)22-16(2,3)4/h5,8H,6-7,9-11H2,1-4H3. The first kappa shape index (κ1) is 15.1. The fourth-order valence-electron chi connectivity index (χ4n) is 3.40. The van der Waals surface area contributed by atoms with Crippen molar-refractivity contribution in [3.63, 3.8) is 0 Å². The van der Waals surface area contributed by atoms with E-state index in [0.29, 0.717) is 19.7 Å². The fourth-order valence-corrected chi connectivity index (χ4v) is 3.40. The van der Waals surface area contributed by atoms with Gasteiger partial charge in [-0.25, -0.2) is 9.78 Å². The Bertz CT molecular complexity index is 584. The number of hydrogen-bond donors (Lipinski definition) is 0. The third-order valence-electron chi connectivity index (χ3n) is 4.51. The quantitative estimate of drug-likeness (QED) is 0.739. The van der Waals surface area contributed by atoms with Crippen molar-refractivity contribution in [2.75, 3.05) is 19.7 Å². The van der Waals surface area contributed by atoms with Gasteiger partial charge in [0.25, 0.3) is 0 Å². The lowest BCUT2D eigenvalue weighted by Gasteiger charge is -2.39. The van der Waals surface area contributed by atoms with Crippen molar-refractivity contribution in [1.29, 1.82) is 0 Å². The molecule has 0 unspecified atom stereocenters. The molecule has 0 aliphatic carbocycles. The zero-order valence-electron chi connectivity index (χ0n) is 13.8. The van der Waals surface area contributed by atoms with Crippen LogP contribution in [0, 0.1) is 6.92 Å². The predicted octanol–water partition coefficient (Wildman–Crippen LogP) is 3.05. The van der Waals surface area contributed by atoms with E-state index in [-0.39, 0.29) is 11.5 Å². The molecule has 5 heteroatoms. The van der Waals surface area contributed by atoms with Crippen LogP contribution in [0.25, 0.3) is 0 Å². The molecule has 1 fully saturated rings. The highest BCUT2D eigenvalue weighted by Crippen LogP contribution is 2.46. The number of carbonyl (C=O) groups excluding carboxylic acids is 1. The first-order chi connectivity index (χ1) is 10.3. The number of likely N-dealkylation sites (tertiary alicyclic amines) is 1. The molecule has 0 saturated carbocycles. The number of aromatic nitrogens is 1. The maximum absolute atomic E-state index is 12.2. The van der Waals surface area contributed by atoms with Crippen molar-refractivity contribution in [3.8, 4) is 5.88 Å². The van der Waals surface area contributed by atoms with Gasteiger partial charge in [0.15, 0.2) is 0 Å². The lowest BCUT2D eigenvalue weighted by atomic mass is 9.73. The highest BCUT2D eigenvalue weighted by atomic mass is 16.6. The van der Waals surface area contributed by atoms with E-state index in [0.717, 1.165) is 18.7 Å². The summed E-state index contributed by atoms with van der Waals surface area (Å²) in [6.07, 6.45) is 3.37. The van der Waals surface area contributed by atoms with Crippen LogP contribution >= 0.6 is 0 Å². The van der Waals surface area contributed by atoms with Crippen LogP contribution in [0.4, 0.5) is 4.79 Å². The summed E-state index contributed by atoms with van der Waals surface area (Å²) in [6.45, 7) is 9.86. The van der Waals surface area contributed by atoms with E-state index in [1.165, 1.54) is 11.1 Å². The molecule has 1 aromatic heterocycles. The number of nitrogens with zero attached hydrogens (tertiary/aromatic N) is 2. The molecule has 1 aromatic rings. The number of fused-ring (bicyclic) bond motifs is 2. The maximum atomic E-state index is 12.2. The summed E-state index contributed by atoms with van der Waals surface area (Å²) in [5, 5.41) is 0. The van der Waals surface area contributed by atoms with E-state index in [1.54, 1.807) is 11.1 Å². The number of aryl methyl sites for hydroxylation is 1. The summed E-state index contributed by atoms with van der Waals surface area (Å²) in [7, 11) is 0. The topological polar surface area (TPSA) is 51.7 Å². The maximum Gasteiger partial charge on any atom is 0.410 e. The molecule has 0 aromatic carbocycles. The molecule has 0 atom stereocenters. The minimum absolute atomic E-state index is 0.00614. The predicted molar refractivity (Wildman–Crippen MR) is 83.2 cm³/mol. The average molecular weight is 304 g/mol. The molecule has 22 heavy (non-hydrogen) atoms. The van der Waals surface area contributed by atoms with Crippen LogP contribution in [0.5, 0.6) is 5.88 Å². The second kappa shape index (κ2) is 5.14. The van der Waals surface area contributed by atoms with Crippen LogP contribution in [0.3, 0.4) is 0 Å². The Hall–Kier alpha value is -1.78. The zero-order chi connectivity index (χ0) is 16.0. The summed E-state index contributed by atoms with van der Waals surface area (Å²) in [5.74, 6) is 0.769. The van der Waals surface area contributed by atoms with E-state index >= 15 is 0 Å². The first-order valence-corrected chi connectivity index (χ1v) is 7.88. The van der Waals surface area contributed by atoms with Gasteiger partial charge in [0.1, 0.15) is 5.60 Å². The second-order valence-corrected chi connectivity index (χ2v) is 7.34. The van der Waals surface area contributed by atoms with Crippen molar-refractivity contribution in [3.05, 3.63) is 23.4 Å². The SMILES string of the molecule is Cc1ccnc2c1C1(CCN(C(=O)OC(C)(C)C)CC1)CO2. The molecule has 0 radical (unpaired) electrons. The Morgan fingerprint density at radius 1 is 1.36 bits per heavy atom. The molecular formula is C17H24N2O3. The molecule has 5 nitrogen and oxygen atoms in total. The van der Waals surface area contributed by atoms with E-state index in [1.807, 2.05) is 26.8 Å². The van der Waals surface area contributed by atoms with Crippen LogP contribution in [-0.2, 0) is 10.2 Å². The molecule has 2 aliphatic heterocycles. The molecule has 0 N–H and O–H groups in total. The monoisotopic (exact) mass is 304 g/mol. The summed E-state index contributed by atoms with van der Waals surface area (Å²) >= 11 is 0. The second-order valence-electron chi connectivity index (χ2n) is 7.34. The minimum atomic E-state index is -0.449. The van der Waals surface area contributed by atoms with Crippen molar-refractivity contribution in [2.24, 2.45) is 0 Å². The Labute approximate surface area is 131 Å². The Morgan fingerprint density at radius 2 is 2.05 bits per heavy atom. The van der Waals surface area contributed by atoms with Gasteiger partial charge in [-0.3, -0.25) is 0 Å². The Morgan fingerprint density at radius 3 is 2.68 bits per heavy atom. The van der Waals surface area contributed by atoms with E-state index in [9.17, 15) is 4.79 Å². The molecule has 1 saturated heterocycles. The van der Waals surface area contributed by atoms with Gasteiger partial charge in [-0.2, -0.15) is 0 Å². The van der Waals surface area contributed by atoms with Crippen LogP contribution in [-0.4, -0.2) is 41.3 Å². The first-order valence-electron chi connectivity index (χ1n) is 7.88. The third kappa shape index (κ3) is 2.64. The zero-order valence-corrected chi connectivity index (χ0v) is 13.8.